The number of halogens is 1. The molecule has 0 bridgehead atoms. The van der Waals surface area contributed by atoms with Crippen LogP contribution in [0.1, 0.15) is 23.7 Å². The summed E-state index contributed by atoms with van der Waals surface area (Å²) < 4.78 is 28.0. The lowest BCUT2D eigenvalue weighted by molar-refractivity contribution is 0.414. The van der Waals surface area contributed by atoms with Gasteiger partial charge in [0.05, 0.1) is 7.11 Å². The molecule has 2 rings (SSSR count). The Morgan fingerprint density at radius 1 is 1.31 bits per heavy atom. The molecule has 0 radical (unpaired) electrons. The van der Waals surface area contributed by atoms with Gasteiger partial charge in [-0.3, -0.25) is 0 Å². The zero-order valence-electron chi connectivity index (χ0n) is 8.89. The van der Waals surface area contributed by atoms with Crippen molar-refractivity contribution < 1.29 is 13.2 Å². The number of hydrogen-bond acceptors (Lipinski definition) is 3. The second-order valence-electron chi connectivity index (χ2n) is 4.01. The highest BCUT2D eigenvalue weighted by atomic mass is 35.7. The molecule has 1 aliphatic rings. The highest BCUT2D eigenvalue weighted by Crippen LogP contribution is 2.47. The molecule has 5 heteroatoms. The molecular formula is C11H13ClO3S. The van der Waals surface area contributed by atoms with Crippen molar-refractivity contribution in [3.8, 4) is 5.75 Å². The molecule has 0 amide bonds. The number of methoxy groups -OCH3 is 1. The summed E-state index contributed by atoms with van der Waals surface area (Å²) >= 11 is 0. The third-order valence-electron chi connectivity index (χ3n) is 2.80. The summed E-state index contributed by atoms with van der Waals surface area (Å²) in [5, 5.41) is -0.569. The van der Waals surface area contributed by atoms with E-state index in [0.717, 1.165) is 18.4 Å². The summed E-state index contributed by atoms with van der Waals surface area (Å²) in [6, 6.07) is 7.04. The molecule has 0 saturated heterocycles. The van der Waals surface area contributed by atoms with Gasteiger partial charge in [0.15, 0.2) is 0 Å². The van der Waals surface area contributed by atoms with Crippen LogP contribution in [0.3, 0.4) is 0 Å². The molecule has 1 aromatic carbocycles. The lowest BCUT2D eigenvalue weighted by Gasteiger charge is -2.13. The minimum atomic E-state index is -3.54. The molecule has 1 fully saturated rings. The first kappa shape index (κ1) is 11.7. The SMILES string of the molecule is COc1ccc(C(C2CC2)S(=O)(=O)Cl)cc1. The Morgan fingerprint density at radius 2 is 1.88 bits per heavy atom. The average molecular weight is 261 g/mol. The average Bonchev–Trinajstić information content (AvgIpc) is 3.01. The second-order valence-corrected chi connectivity index (χ2v) is 6.76. The number of hydrogen-bond donors (Lipinski definition) is 0. The van der Waals surface area contributed by atoms with Crippen LogP contribution >= 0.6 is 10.7 Å². The molecule has 0 heterocycles. The van der Waals surface area contributed by atoms with Crippen molar-refractivity contribution in [1.82, 2.24) is 0 Å². The Morgan fingerprint density at radius 3 is 2.25 bits per heavy atom. The van der Waals surface area contributed by atoms with Crippen LogP contribution < -0.4 is 4.74 Å². The first-order valence-corrected chi connectivity index (χ1v) is 7.47. The Labute approximate surface area is 99.8 Å². The van der Waals surface area contributed by atoms with Gasteiger partial charge >= 0.3 is 0 Å². The van der Waals surface area contributed by atoms with Crippen molar-refractivity contribution in [3.05, 3.63) is 29.8 Å². The summed E-state index contributed by atoms with van der Waals surface area (Å²) in [5.74, 6) is 0.890. The smallest absolute Gasteiger partial charge is 0.239 e. The monoisotopic (exact) mass is 260 g/mol. The molecule has 1 unspecified atom stereocenters. The van der Waals surface area contributed by atoms with Crippen molar-refractivity contribution >= 4 is 19.7 Å². The predicted molar refractivity (Wildman–Crippen MR) is 63.2 cm³/mol. The molecular weight excluding hydrogens is 248 g/mol. The van der Waals surface area contributed by atoms with E-state index in [0.29, 0.717) is 5.75 Å². The van der Waals surface area contributed by atoms with Crippen LogP contribution in [0.25, 0.3) is 0 Å². The summed E-state index contributed by atoms with van der Waals surface area (Å²) in [5.41, 5.74) is 0.748. The van der Waals surface area contributed by atoms with Crippen LogP contribution in [0.2, 0.25) is 0 Å². The van der Waals surface area contributed by atoms with E-state index in [9.17, 15) is 8.42 Å². The fourth-order valence-electron chi connectivity index (χ4n) is 1.86. The molecule has 16 heavy (non-hydrogen) atoms. The van der Waals surface area contributed by atoms with E-state index in [4.69, 9.17) is 15.4 Å². The van der Waals surface area contributed by atoms with Gasteiger partial charge in [0, 0.05) is 10.7 Å². The van der Waals surface area contributed by atoms with E-state index in [1.807, 2.05) is 0 Å². The van der Waals surface area contributed by atoms with Crippen LogP contribution in [0, 0.1) is 5.92 Å². The Hall–Kier alpha value is -0.740. The summed E-state index contributed by atoms with van der Waals surface area (Å²) in [7, 11) is 3.52. The summed E-state index contributed by atoms with van der Waals surface area (Å²) in [6.07, 6.45) is 1.87. The Kier molecular flexibility index (Phi) is 3.13. The van der Waals surface area contributed by atoms with Gasteiger partial charge in [-0.15, -0.1) is 0 Å². The first-order valence-electron chi connectivity index (χ1n) is 5.10. The lowest BCUT2D eigenvalue weighted by Crippen LogP contribution is -2.09. The van der Waals surface area contributed by atoms with Crippen LogP contribution in [0.4, 0.5) is 0 Å². The molecule has 1 aliphatic carbocycles. The Balaban J connectivity index is 2.32. The highest BCUT2D eigenvalue weighted by Gasteiger charge is 2.40. The third kappa shape index (κ3) is 2.50. The van der Waals surface area contributed by atoms with Crippen LogP contribution in [-0.4, -0.2) is 15.5 Å². The second kappa shape index (κ2) is 4.26. The molecule has 1 atom stereocenters. The standard InChI is InChI=1S/C11H13ClO3S/c1-15-10-6-4-9(5-7-10)11(8-2-3-8)16(12,13)14/h4-8,11H,2-3H2,1H3. The maximum Gasteiger partial charge on any atom is 0.239 e. The highest BCUT2D eigenvalue weighted by molar-refractivity contribution is 8.13. The molecule has 1 aromatic rings. The zero-order chi connectivity index (χ0) is 11.8. The fourth-order valence-corrected chi connectivity index (χ4v) is 3.82. The maximum atomic E-state index is 11.5. The van der Waals surface area contributed by atoms with Crippen molar-refractivity contribution in [2.24, 2.45) is 5.92 Å². The van der Waals surface area contributed by atoms with Gasteiger partial charge < -0.3 is 4.74 Å². The van der Waals surface area contributed by atoms with Crippen molar-refractivity contribution in [2.75, 3.05) is 7.11 Å². The summed E-state index contributed by atoms with van der Waals surface area (Å²) in [6.45, 7) is 0. The minimum absolute atomic E-state index is 0.177. The van der Waals surface area contributed by atoms with Gasteiger partial charge in [0.1, 0.15) is 11.0 Å². The van der Waals surface area contributed by atoms with Crippen LogP contribution in [-0.2, 0) is 9.05 Å². The summed E-state index contributed by atoms with van der Waals surface area (Å²) in [4.78, 5) is 0. The molecule has 0 aliphatic heterocycles. The van der Waals surface area contributed by atoms with E-state index < -0.39 is 14.3 Å². The van der Waals surface area contributed by atoms with E-state index in [2.05, 4.69) is 0 Å². The quantitative estimate of drug-likeness (QED) is 0.782. The number of benzene rings is 1. The lowest BCUT2D eigenvalue weighted by atomic mass is 10.1. The fraction of sp³-hybridized carbons (Fsp3) is 0.455. The topological polar surface area (TPSA) is 43.4 Å². The molecule has 0 N–H and O–H groups in total. The number of rotatable bonds is 4. The predicted octanol–water partition coefficient (Wildman–Crippen LogP) is 2.71. The van der Waals surface area contributed by atoms with E-state index in [-0.39, 0.29) is 5.92 Å². The maximum absolute atomic E-state index is 11.5. The van der Waals surface area contributed by atoms with Crippen molar-refractivity contribution in [3.63, 3.8) is 0 Å². The third-order valence-corrected chi connectivity index (χ3v) is 4.64. The Bertz CT molecular complexity index is 463. The van der Waals surface area contributed by atoms with E-state index in [1.165, 1.54) is 0 Å². The minimum Gasteiger partial charge on any atom is -0.497 e. The van der Waals surface area contributed by atoms with Crippen LogP contribution in [0.15, 0.2) is 24.3 Å². The first-order chi connectivity index (χ1) is 7.52. The molecule has 1 saturated carbocycles. The van der Waals surface area contributed by atoms with Crippen molar-refractivity contribution in [1.29, 1.82) is 0 Å². The van der Waals surface area contributed by atoms with Gasteiger partial charge in [-0.25, -0.2) is 8.42 Å². The normalized spacial score (nSPS) is 18.1. The van der Waals surface area contributed by atoms with Gasteiger partial charge in [0.2, 0.25) is 9.05 Å². The largest absolute Gasteiger partial charge is 0.497 e. The number of ether oxygens (including phenoxy) is 1. The van der Waals surface area contributed by atoms with E-state index >= 15 is 0 Å². The van der Waals surface area contributed by atoms with Crippen molar-refractivity contribution in [2.45, 2.75) is 18.1 Å². The van der Waals surface area contributed by atoms with Gasteiger partial charge in [-0.05, 0) is 36.5 Å². The molecule has 88 valence electrons. The van der Waals surface area contributed by atoms with Gasteiger partial charge in [-0.2, -0.15) is 0 Å². The molecule has 3 nitrogen and oxygen atoms in total. The molecule has 0 aromatic heterocycles. The molecule has 0 spiro atoms. The van der Waals surface area contributed by atoms with Gasteiger partial charge in [0.25, 0.3) is 0 Å². The van der Waals surface area contributed by atoms with E-state index in [1.54, 1.807) is 31.4 Å². The van der Waals surface area contributed by atoms with Crippen LogP contribution in [0.5, 0.6) is 5.75 Å². The zero-order valence-corrected chi connectivity index (χ0v) is 10.5. The van der Waals surface area contributed by atoms with Gasteiger partial charge in [-0.1, -0.05) is 12.1 Å².